The number of phenols is 1. The first-order chi connectivity index (χ1) is 24.2. The Balaban J connectivity index is 1.47. The van der Waals surface area contributed by atoms with Crippen LogP contribution in [-0.4, -0.2) is 45.4 Å². The first-order valence-electron chi connectivity index (χ1n) is 17.2. The summed E-state index contributed by atoms with van der Waals surface area (Å²) in [6.07, 6.45) is 1.68. The molecule has 2 aliphatic heterocycles. The van der Waals surface area contributed by atoms with Crippen molar-refractivity contribution in [2.75, 3.05) is 13.9 Å². The van der Waals surface area contributed by atoms with E-state index in [1.165, 1.54) is 7.11 Å². The molecule has 11 nitrogen and oxygen atoms in total. The maximum Gasteiger partial charge on any atom is 0.347 e. The number of phenolic OH excluding ortho intramolecular Hbond substituents is 1. The SMILES string of the molecule is CCC[C@@H]1Cc2cc(CO[Si](C(C)C)(C(C)C)C(C)C)c(I)c(OC(=O)c3cc(O)c4c(=O)c5c6c(ccc5oc4c3OC)OCO6)c2C(=O)O1. The molecule has 0 fully saturated rings. The lowest BCUT2D eigenvalue weighted by Crippen LogP contribution is -2.47. The maximum atomic E-state index is 14.1. The molecule has 0 saturated carbocycles. The number of hydrogen-bond acceptors (Lipinski definition) is 11. The molecule has 51 heavy (non-hydrogen) atoms. The van der Waals surface area contributed by atoms with E-state index in [1.54, 1.807) is 12.1 Å². The maximum absolute atomic E-state index is 14.1. The van der Waals surface area contributed by atoms with E-state index in [1.807, 2.05) is 13.0 Å². The zero-order valence-electron chi connectivity index (χ0n) is 30.1. The third-order valence-corrected chi connectivity index (χ3v) is 17.3. The normalized spacial score (nSPS) is 15.6. The largest absolute Gasteiger partial charge is 0.507 e. The summed E-state index contributed by atoms with van der Waals surface area (Å²) in [5, 5.41) is 11.1. The predicted molar refractivity (Wildman–Crippen MR) is 202 cm³/mol. The van der Waals surface area contributed by atoms with E-state index < -0.39 is 31.4 Å². The molecule has 272 valence electrons. The molecule has 4 aromatic rings. The number of aromatic hydroxyl groups is 1. The molecule has 13 heteroatoms. The van der Waals surface area contributed by atoms with E-state index in [2.05, 4.69) is 64.1 Å². The minimum absolute atomic E-state index is 0.0388. The van der Waals surface area contributed by atoms with E-state index >= 15 is 0 Å². The summed E-state index contributed by atoms with van der Waals surface area (Å²) >= 11 is 2.09. The summed E-state index contributed by atoms with van der Waals surface area (Å²) in [5.41, 5.74) is 1.91. The second-order valence-electron chi connectivity index (χ2n) is 14.0. The van der Waals surface area contributed by atoms with Gasteiger partial charge in [0.15, 0.2) is 28.6 Å². The molecule has 1 aromatic heterocycles. The summed E-state index contributed by atoms with van der Waals surface area (Å²) < 4.78 is 42.0. The lowest BCUT2D eigenvalue weighted by molar-refractivity contribution is 0.0231. The minimum atomic E-state index is -2.28. The standard InChI is InChI=1S/C38H43IO11Si/c1-9-10-23-14-21-13-22(16-47-51(18(2)3,19(4)5)20(6)7)31(39)35(28(21)38(43)48-23)50-37(42)24-15-25(40)29-32(41)30-26(49-36(29)33(24)44-8)11-12-27-34(30)46-17-45-27/h11-13,15,18-20,23,40H,9-10,14,16-17H2,1-8H3/t23-/m1/s1. The third-order valence-electron chi connectivity index (χ3n) is 10.1. The highest BCUT2D eigenvalue weighted by Crippen LogP contribution is 2.46. The zero-order chi connectivity index (χ0) is 36.9. The average molecular weight is 831 g/mol. The van der Waals surface area contributed by atoms with Gasteiger partial charge in [-0.3, -0.25) is 4.79 Å². The van der Waals surface area contributed by atoms with Gasteiger partial charge in [-0.05, 0) is 75.0 Å². The van der Waals surface area contributed by atoms with Crippen LogP contribution in [0.25, 0.3) is 21.9 Å². The van der Waals surface area contributed by atoms with Gasteiger partial charge in [0.2, 0.25) is 20.5 Å². The monoisotopic (exact) mass is 830 g/mol. The van der Waals surface area contributed by atoms with E-state index in [-0.39, 0.29) is 69.8 Å². The number of hydrogen-bond donors (Lipinski definition) is 1. The van der Waals surface area contributed by atoms with E-state index in [0.29, 0.717) is 44.3 Å². The Bertz CT molecular complexity index is 2080. The van der Waals surface area contributed by atoms with Crippen molar-refractivity contribution in [1.29, 1.82) is 0 Å². The van der Waals surface area contributed by atoms with Crippen LogP contribution in [0.1, 0.15) is 93.2 Å². The van der Waals surface area contributed by atoms with Gasteiger partial charge in [-0.15, -0.1) is 0 Å². The van der Waals surface area contributed by atoms with Gasteiger partial charge in [-0.25, -0.2) is 9.59 Å². The fourth-order valence-electron chi connectivity index (χ4n) is 7.95. The van der Waals surface area contributed by atoms with Crippen LogP contribution >= 0.6 is 22.6 Å². The molecule has 1 N–H and O–H groups in total. The van der Waals surface area contributed by atoms with Crippen LogP contribution in [0, 0.1) is 3.57 Å². The molecule has 0 aliphatic carbocycles. The van der Waals surface area contributed by atoms with Gasteiger partial charge >= 0.3 is 11.9 Å². The average Bonchev–Trinajstić information content (AvgIpc) is 3.55. The number of rotatable bonds is 11. The first-order valence-corrected chi connectivity index (χ1v) is 20.5. The minimum Gasteiger partial charge on any atom is -0.507 e. The third kappa shape index (κ3) is 6.24. The van der Waals surface area contributed by atoms with Crippen LogP contribution in [0.3, 0.4) is 0 Å². The van der Waals surface area contributed by atoms with Gasteiger partial charge in [0.1, 0.15) is 39.3 Å². The second-order valence-corrected chi connectivity index (χ2v) is 20.6. The van der Waals surface area contributed by atoms with E-state index in [0.717, 1.165) is 18.1 Å². The highest BCUT2D eigenvalue weighted by molar-refractivity contribution is 14.1. The van der Waals surface area contributed by atoms with Crippen molar-refractivity contribution in [2.45, 2.75) is 97.1 Å². The highest BCUT2D eigenvalue weighted by Gasteiger charge is 2.45. The van der Waals surface area contributed by atoms with Crippen LogP contribution in [-0.2, 0) is 22.2 Å². The number of ether oxygens (including phenoxy) is 5. The number of cyclic esters (lactones) is 1. The molecule has 0 bridgehead atoms. The molecule has 0 radical (unpaired) electrons. The smallest absolute Gasteiger partial charge is 0.347 e. The van der Waals surface area contributed by atoms with Crippen LogP contribution in [0.15, 0.2) is 33.5 Å². The molecule has 2 aliphatic rings. The van der Waals surface area contributed by atoms with Crippen LogP contribution in [0.2, 0.25) is 16.6 Å². The fraction of sp³-hybridized carbons (Fsp3) is 0.447. The Hall–Kier alpha value is -3.82. The molecule has 0 spiro atoms. The summed E-state index contributed by atoms with van der Waals surface area (Å²) in [6, 6.07) is 6.22. The number of halogens is 1. The van der Waals surface area contributed by atoms with Gasteiger partial charge < -0.3 is 37.6 Å². The van der Waals surface area contributed by atoms with Crippen molar-refractivity contribution in [1.82, 2.24) is 0 Å². The van der Waals surface area contributed by atoms with Crippen molar-refractivity contribution in [2.24, 2.45) is 0 Å². The van der Waals surface area contributed by atoms with Crippen LogP contribution in [0.5, 0.6) is 28.7 Å². The number of carbonyl (C=O) groups excluding carboxylic acids is 2. The summed E-state index contributed by atoms with van der Waals surface area (Å²) in [6.45, 7) is 15.5. The highest BCUT2D eigenvalue weighted by atomic mass is 127. The van der Waals surface area contributed by atoms with Crippen LogP contribution in [0.4, 0.5) is 0 Å². The number of methoxy groups -OCH3 is 1. The molecular formula is C38H43IO11Si. The van der Waals surface area contributed by atoms with Gasteiger partial charge in [0.25, 0.3) is 0 Å². The van der Waals surface area contributed by atoms with Crippen molar-refractivity contribution in [3.8, 4) is 28.7 Å². The molecular weight excluding hydrogens is 787 g/mol. The van der Waals surface area contributed by atoms with E-state index in [4.69, 9.17) is 32.5 Å². The number of benzene rings is 3. The summed E-state index contributed by atoms with van der Waals surface area (Å²) in [5.74, 6) is -1.55. The topological polar surface area (TPSA) is 140 Å². The fourth-order valence-corrected chi connectivity index (χ4v) is 14.0. The zero-order valence-corrected chi connectivity index (χ0v) is 33.2. The Morgan fingerprint density at radius 1 is 1.02 bits per heavy atom. The lowest BCUT2D eigenvalue weighted by Gasteiger charge is -2.42. The number of carbonyl (C=O) groups is 2. The predicted octanol–water partition coefficient (Wildman–Crippen LogP) is 8.79. The number of fused-ring (bicyclic) bond motifs is 5. The first kappa shape index (κ1) is 37.0. The molecule has 3 aromatic carbocycles. The van der Waals surface area contributed by atoms with Crippen molar-refractivity contribution >= 4 is 64.8 Å². The van der Waals surface area contributed by atoms with Crippen LogP contribution < -0.4 is 24.4 Å². The Labute approximate surface area is 310 Å². The van der Waals surface area contributed by atoms with Gasteiger partial charge in [-0.1, -0.05) is 61.0 Å². The Kier molecular flexibility index (Phi) is 10.4. The molecule has 1 atom stereocenters. The Morgan fingerprint density at radius 3 is 2.37 bits per heavy atom. The van der Waals surface area contributed by atoms with Gasteiger partial charge in [0, 0.05) is 6.42 Å². The van der Waals surface area contributed by atoms with Gasteiger partial charge in [0.05, 0.1) is 17.3 Å². The molecule has 6 rings (SSSR count). The number of esters is 2. The molecule has 0 unspecified atom stereocenters. The molecule has 3 heterocycles. The van der Waals surface area contributed by atoms with Crippen molar-refractivity contribution < 1.29 is 47.2 Å². The molecule has 0 saturated heterocycles. The van der Waals surface area contributed by atoms with Crippen molar-refractivity contribution in [3.05, 3.63) is 60.3 Å². The summed E-state index contributed by atoms with van der Waals surface area (Å²) in [4.78, 5) is 41.5. The molecule has 0 amide bonds. The second kappa shape index (κ2) is 14.3. The quantitative estimate of drug-likeness (QED) is 0.0510. The van der Waals surface area contributed by atoms with Gasteiger partial charge in [-0.2, -0.15) is 0 Å². The summed E-state index contributed by atoms with van der Waals surface area (Å²) in [7, 11) is -0.968. The Morgan fingerprint density at radius 2 is 1.73 bits per heavy atom. The lowest BCUT2D eigenvalue weighted by atomic mass is 9.93. The van der Waals surface area contributed by atoms with Crippen molar-refractivity contribution in [3.63, 3.8) is 0 Å². The van der Waals surface area contributed by atoms with E-state index in [9.17, 15) is 19.5 Å².